The number of nitrogens with one attached hydrogen (secondary N) is 2. The molecule has 1 aromatic rings. The largest absolute Gasteiger partial charge is 0.381 e. The molecule has 0 spiro atoms. The predicted octanol–water partition coefficient (Wildman–Crippen LogP) is 3.68. The summed E-state index contributed by atoms with van der Waals surface area (Å²) in [6.07, 6.45) is 6.71. The SMILES string of the molecule is CCNC(=NCC1(SC)CCOCC1)NC1CCN(C(C)c2ccccc2)CC1. The molecule has 2 saturated heterocycles. The molecule has 6 heteroatoms. The van der Waals surface area contributed by atoms with Gasteiger partial charge in [0.15, 0.2) is 5.96 Å². The van der Waals surface area contributed by atoms with E-state index >= 15 is 0 Å². The van der Waals surface area contributed by atoms with E-state index in [1.54, 1.807) is 0 Å². The van der Waals surface area contributed by atoms with Gasteiger partial charge in [-0.3, -0.25) is 9.89 Å². The summed E-state index contributed by atoms with van der Waals surface area (Å²) in [7, 11) is 0. The zero-order valence-corrected chi connectivity index (χ0v) is 19.1. The molecule has 0 radical (unpaired) electrons. The first-order chi connectivity index (χ1) is 14.2. The summed E-state index contributed by atoms with van der Waals surface area (Å²) in [6, 6.07) is 11.8. The summed E-state index contributed by atoms with van der Waals surface area (Å²) in [5, 5.41) is 7.16. The van der Waals surface area contributed by atoms with E-state index in [9.17, 15) is 0 Å². The minimum Gasteiger partial charge on any atom is -0.381 e. The summed E-state index contributed by atoms with van der Waals surface area (Å²) in [6.45, 7) is 10.2. The zero-order chi connectivity index (χ0) is 20.5. The topological polar surface area (TPSA) is 48.9 Å². The lowest BCUT2D eigenvalue weighted by Crippen LogP contribution is -2.49. The lowest BCUT2D eigenvalue weighted by Gasteiger charge is -2.37. The van der Waals surface area contributed by atoms with Crippen LogP contribution in [0.15, 0.2) is 35.3 Å². The standard InChI is InChI=1S/C23H38N4OS/c1-4-24-22(25-18-23(29-3)12-16-28-17-13-23)26-21-10-14-27(15-11-21)19(2)20-8-6-5-7-9-20/h5-9,19,21H,4,10-18H2,1-3H3,(H2,24,25,26). The average Bonchev–Trinajstić information content (AvgIpc) is 2.79. The summed E-state index contributed by atoms with van der Waals surface area (Å²) in [4.78, 5) is 7.58. The fourth-order valence-electron chi connectivity index (χ4n) is 4.28. The van der Waals surface area contributed by atoms with Crippen LogP contribution in [0.5, 0.6) is 0 Å². The number of aliphatic imine (C=N–C) groups is 1. The van der Waals surface area contributed by atoms with Crippen molar-refractivity contribution in [3.8, 4) is 0 Å². The molecule has 162 valence electrons. The van der Waals surface area contributed by atoms with Crippen molar-refractivity contribution in [3.05, 3.63) is 35.9 Å². The number of hydrogen-bond donors (Lipinski definition) is 2. The highest BCUT2D eigenvalue weighted by molar-refractivity contribution is 8.00. The molecule has 3 rings (SSSR count). The maximum atomic E-state index is 5.57. The first kappa shape index (κ1) is 22.4. The predicted molar refractivity (Wildman–Crippen MR) is 125 cm³/mol. The van der Waals surface area contributed by atoms with E-state index in [2.05, 4.69) is 66.0 Å². The number of rotatable bonds is 7. The summed E-state index contributed by atoms with van der Waals surface area (Å²) >= 11 is 1.95. The molecule has 29 heavy (non-hydrogen) atoms. The molecule has 0 bridgehead atoms. The fraction of sp³-hybridized carbons (Fsp3) is 0.696. The van der Waals surface area contributed by atoms with Crippen LogP contribution in [0.2, 0.25) is 0 Å². The molecule has 0 saturated carbocycles. The Hall–Kier alpha value is -1.24. The van der Waals surface area contributed by atoms with E-state index in [0.717, 1.165) is 71.0 Å². The molecule has 1 atom stereocenters. The second kappa shape index (κ2) is 11.2. The van der Waals surface area contributed by atoms with Gasteiger partial charge in [0.25, 0.3) is 0 Å². The van der Waals surface area contributed by atoms with Gasteiger partial charge in [-0.05, 0) is 51.3 Å². The van der Waals surface area contributed by atoms with Gasteiger partial charge < -0.3 is 15.4 Å². The monoisotopic (exact) mass is 418 g/mol. The Morgan fingerprint density at radius 2 is 1.93 bits per heavy atom. The molecule has 2 heterocycles. The van der Waals surface area contributed by atoms with Crippen LogP contribution in [0, 0.1) is 0 Å². The molecule has 2 aliphatic heterocycles. The number of nitrogens with zero attached hydrogens (tertiary/aromatic N) is 2. The van der Waals surface area contributed by atoms with Gasteiger partial charge in [-0.1, -0.05) is 30.3 Å². The summed E-state index contributed by atoms with van der Waals surface area (Å²) in [5.74, 6) is 0.974. The number of piperidine rings is 1. The van der Waals surface area contributed by atoms with Gasteiger partial charge in [-0.2, -0.15) is 11.8 Å². The maximum Gasteiger partial charge on any atom is 0.191 e. The molecular weight excluding hydrogens is 380 g/mol. The Kier molecular flexibility index (Phi) is 8.69. The molecule has 1 unspecified atom stereocenters. The Balaban J connectivity index is 1.52. The highest BCUT2D eigenvalue weighted by Gasteiger charge is 2.32. The Labute approximate surface area is 181 Å². The maximum absolute atomic E-state index is 5.57. The third-order valence-corrected chi connectivity index (χ3v) is 7.81. The normalized spacial score (nSPS) is 22.2. The molecule has 5 nitrogen and oxygen atoms in total. The highest BCUT2D eigenvalue weighted by Crippen LogP contribution is 2.34. The van der Waals surface area contributed by atoms with Gasteiger partial charge >= 0.3 is 0 Å². The van der Waals surface area contributed by atoms with Gasteiger partial charge in [-0.25, -0.2) is 0 Å². The molecule has 2 N–H and O–H groups in total. The van der Waals surface area contributed by atoms with Gasteiger partial charge in [-0.15, -0.1) is 0 Å². The molecular formula is C23H38N4OS. The van der Waals surface area contributed by atoms with Gasteiger partial charge in [0.2, 0.25) is 0 Å². The van der Waals surface area contributed by atoms with E-state index in [1.165, 1.54) is 5.56 Å². The van der Waals surface area contributed by atoms with Gasteiger partial charge in [0.1, 0.15) is 0 Å². The van der Waals surface area contributed by atoms with Crippen molar-refractivity contribution >= 4 is 17.7 Å². The van der Waals surface area contributed by atoms with Crippen molar-refractivity contribution in [1.82, 2.24) is 15.5 Å². The minimum absolute atomic E-state index is 0.231. The Morgan fingerprint density at radius 1 is 1.24 bits per heavy atom. The number of benzene rings is 1. The minimum atomic E-state index is 0.231. The fourth-order valence-corrected chi connectivity index (χ4v) is 5.05. The van der Waals surface area contributed by atoms with E-state index in [1.807, 2.05) is 11.8 Å². The molecule has 0 aromatic heterocycles. The highest BCUT2D eigenvalue weighted by atomic mass is 32.2. The van der Waals surface area contributed by atoms with Crippen LogP contribution in [0.3, 0.4) is 0 Å². The molecule has 1 aromatic carbocycles. The third kappa shape index (κ3) is 6.37. The second-order valence-electron chi connectivity index (χ2n) is 8.24. The molecule has 2 aliphatic rings. The average molecular weight is 419 g/mol. The quantitative estimate of drug-likeness (QED) is 0.523. The second-order valence-corrected chi connectivity index (χ2v) is 9.51. The van der Waals surface area contributed by atoms with Crippen molar-refractivity contribution in [2.75, 3.05) is 45.6 Å². The van der Waals surface area contributed by atoms with Crippen molar-refractivity contribution in [2.24, 2.45) is 4.99 Å². The number of ether oxygens (including phenoxy) is 1. The van der Waals surface area contributed by atoms with Gasteiger partial charge in [0, 0.05) is 49.7 Å². The van der Waals surface area contributed by atoms with Crippen molar-refractivity contribution < 1.29 is 4.74 Å². The Morgan fingerprint density at radius 3 is 2.55 bits per heavy atom. The lowest BCUT2D eigenvalue weighted by atomic mass is 9.99. The molecule has 0 aliphatic carbocycles. The lowest BCUT2D eigenvalue weighted by molar-refractivity contribution is 0.0794. The van der Waals surface area contributed by atoms with E-state index in [0.29, 0.717) is 12.1 Å². The van der Waals surface area contributed by atoms with Crippen LogP contribution in [0.1, 0.15) is 51.1 Å². The number of thioether (sulfide) groups is 1. The first-order valence-corrected chi connectivity index (χ1v) is 12.3. The zero-order valence-electron chi connectivity index (χ0n) is 18.3. The summed E-state index contributed by atoms with van der Waals surface area (Å²) < 4.78 is 5.80. The van der Waals surface area contributed by atoms with E-state index in [4.69, 9.17) is 9.73 Å². The Bertz CT molecular complexity index is 625. The number of likely N-dealkylation sites (tertiary alicyclic amines) is 1. The first-order valence-electron chi connectivity index (χ1n) is 11.1. The summed E-state index contributed by atoms with van der Waals surface area (Å²) in [5.41, 5.74) is 1.41. The van der Waals surface area contributed by atoms with Crippen LogP contribution in [0.4, 0.5) is 0 Å². The molecule has 0 amide bonds. The van der Waals surface area contributed by atoms with Crippen molar-refractivity contribution in [2.45, 2.75) is 56.4 Å². The van der Waals surface area contributed by atoms with Crippen molar-refractivity contribution in [1.29, 1.82) is 0 Å². The number of guanidine groups is 1. The van der Waals surface area contributed by atoms with E-state index in [-0.39, 0.29) is 4.75 Å². The third-order valence-electron chi connectivity index (χ3n) is 6.41. The van der Waals surface area contributed by atoms with Crippen LogP contribution in [0.25, 0.3) is 0 Å². The number of hydrogen-bond acceptors (Lipinski definition) is 4. The van der Waals surface area contributed by atoms with Crippen LogP contribution in [-0.4, -0.2) is 67.3 Å². The van der Waals surface area contributed by atoms with Crippen LogP contribution in [-0.2, 0) is 4.74 Å². The van der Waals surface area contributed by atoms with E-state index < -0.39 is 0 Å². The van der Waals surface area contributed by atoms with Gasteiger partial charge in [0.05, 0.1) is 6.54 Å². The van der Waals surface area contributed by atoms with Crippen LogP contribution < -0.4 is 10.6 Å². The van der Waals surface area contributed by atoms with Crippen molar-refractivity contribution in [3.63, 3.8) is 0 Å². The smallest absolute Gasteiger partial charge is 0.191 e. The molecule has 2 fully saturated rings. The van der Waals surface area contributed by atoms with Crippen LogP contribution >= 0.6 is 11.8 Å².